The number of carboxylic acids is 1. The van der Waals surface area contributed by atoms with Crippen LogP contribution in [0.25, 0.3) is 0 Å². The fourth-order valence-corrected chi connectivity index (χ4v) is 2.54. The van der Waals surface area contributed by atoms with Gasteiger partial charge in [-0.1, -0.05) is 6.07 Å². The maximum atomic E-state index is 13.4. The monoisotopic (exact) mass is 301 g/mol. The summed E-state index contributed by atoms with van der Waals surface area (Å²) in [5.41, 5.74) is 2.53. The molecule has 2 aromatic rings. The number of aromatic carboxylic acids is 1. The van der Waals surface area contributed by atoms with Crippen LogP contribution in [-0.2, 0) is 6.54 Å². The summed E-state index contributed by atoms with van der Waals surface area (Å²) < 4.78 is 13.4. The zero-order chi connectivity index (χ0) is 15.7. The first kappa shape index (κ1) is 14.4. The third-order valence-electron chi connectivity index (χ3n) is 3.77. The summed E-state index contributed by atoms with van der Waals surface area (Å²) in [6.07, 6.45) is 2.15. The third kappa shape index (κ3) is 3.19. The molecule has 0 amide bonds. The maximum absolute atomic E-state index is 13.4. The van der Waals surface area contributed by atoms with E-state index in [1.165, 1.54) is 24.3 Å². The molecule has 1 fully saturated rings. The number of aromatic hydroxyl groups is 1. The molecule has 114 valence electrons. The van der Waals surface area contributed by atoms with E-state index in [0.29, 0.717) is 18.2 Å². The Hall–Kier alpha value is -2.56. The van der Waals surface area contributed by atoms with Gasteiger partial charge in [0.2, 0.25) is 0 Å². The number of phenolic OH excluding ortho intramolecular Hbond substituents is 1. The standard InChI is InChI=1S/C17H16FNO3/c18-13-4-3-11(16(7-13)10-1-2-10)9-19-14-5-12(17(21)22)6-15(20)8-14/h3-8,10,19-20H,1-2,9H2,(H,21,22). The molecule has 0 aromatic heterocycles. The van der Waals surface area contributed by atoms with Crippen molar-refractivity contribution in [3.63, 3.8) is 0 Å². The quantitative estimate of drug-likeness (QED) is 0.787. The summed E-state index contributed by atoms with van der Waals surface area (Å²) in [5, 5.41) is 21.7. The summed E-state index contributed by atoms with van der Waals surface area (Å²) in [6, 6.07) is 8.86. The summed E-state index contributed by atoms with van der Waals surface area (Å²) in [5.74, 6) is -1.02. The zero-order valence-corrected chi connectivity index (χ0v) is 11.8. The van der Waals surface area contributed by atoms with E-state index >= 15 is 0 Å². The maximum Gasteiger partial charge on any atom is 0.335 e. The van der Waals surface area contributed by atoms with Crippen molar-refractivity contribution in [3.8, 4) is 5.75 Å². The molecule has 0 saturated heterocycles. The molecule has 3 N–H and O–H groups in total. The average Bonchev–Trinajstić information content (AvgIpc) is 3.30. The molecule has 0 radical (unpaired) electrons. The first-order valence-corrected chi connectivity index (χ1v) is 7.12. The zero-order valence-electron chi connectivity index (χ0n) is 11.8. The number of carbonyl (C=O) groups is 1. The lowest BCUT2D eigenvalue weighted by atomic mass is 10.0. The van der Waals surface area contributed by atoms with Gasteiger partial charge in [-0.15, -0.1) is 0 Å². The number of carboxylic acid groups (broad SMARTS) is 1. The van der Waals surface area contributed by atoms with E-state index in [-0.39, 0.29) is 17.1 Å². The van der Waals surface area contributed by atoms with Crippen LogP contribution in [0.15, 0.2) is 36.4 Å². The smallest absolute Gasteiger partial charge is 0.335 e. The Kier molecular flexibility index (Phi) is 3.71. The lowest BCUT2D eigenvalue weighted by Gasteiger charge is -2.12. The number of nitrogens with one attached hydrogen (secondary N) is 1. The predicted octanol–water partition coefficient (Wildman–Crippen LogP) is 3.72. The van der Waals surface area contributed by atoms with Crippen molar-refractivity contribution in [1.82, 2.24) is 0 Å². The van der Waals surface area contributed by atoms with Crippen LogP contribution in [0.1, 0.15) is 40.2 Å². The second kappa shape index (κ2) is 5.67. The molecule has 2 aromatic carbocycles. The van der Waals surface area contributed by atoms with Crippen LogP contribution >= 0.6 is 0 Å². The largest absolute Gasteiger partial charge is 0.508 e. The van der Waals surface area contributed by atoms with Gasteiger partial charge in [0.15, 0.2) is 0 Å². The van der Waals surface area contributed by atoms with Crippen molar-refractivity contribution in [2.45, 2.75) is 25.3 Å². The molecule has 0 unspecified atom stereocenters. The second-order valence-corrected chi connectivity index (χ2v) is 5.54. The molecule has 4 nitrogen and oxygen atoms in total. The molecule has 22 heavy (non-hydrogen) atoms. The topological polar surface area (TPSA) is 69.6 Å². The molecule has 3 rings (SSSR count). The molecule has 1 aliphatic carbocycles. The van der Waals surface area contributed by atoms with Gasteiger partial charge in [-0.2, -0.15) is 0 Å². The summed E-state index contributed by atoms with van der Waals surface area (Å²) >= 11 is 0. The molecule has 1 saturated carbocycles. The van der Waals surface area contributed by atoms with Gasteiger partial charge in [0.05, 0.1) is 5.56 Å². The van der Waals surface area contributed by atoms with Crippen LogP contribution in [-0.4, -0.2) is 16.2 Å². The number of benzene rings is 2. The summed E-state index contributed by atoms with van der Waals surface area (Å²) in [6.45, 7) is 0.453. The molecular weight excluding hydrogens is 285 g/mol. The third-order valence-corrected chi connectivity index (χ3v) is 3.77. The molecule has 5 heteroatoms. The average molecular weight is 301 g/mol. The van der Waals surface area contributed by atoms with Crippen LogP contribution in [0.5, 0.6) is 5.75 Å². The highest BCUT2D eigenvalue weighted by molar-refractivity contribution is 5.89. The Bertz CT molecular complexity index is 726. The SMILES string of the molecule is O=C(O)c1cc(O)cc(NCc2ccc(F)cc2C2CC2)c1. The van der Waals surface area contributed by atoms with Gasteiger partial charge in [0.25, 0.3) is 0 Å². The van der Waals surface area contributed by atoms with Crippen LogP contribution < -0.4 is 5.32 Å². The van der Waals surface area contributed by atoms with Gasteiger partial charge < -0.3 is 15.5 Å². The van der Waals surface area contributed by atoms with Gasteiger partial charge in [0, 0.05) is 18.3 Å². The minimum absolute atomic E-state index is 0.0176. The van der Waals surface area contributed by atoms with Crippen molar-refractivity contribution in [2.75, 3.05) is 5.32 Å². The van der Waals surface area contributed by atoms with Crippen LogP contribution in [0.4, 0.5) is 10.1 Å². The lowest BCUT2D eigenvalue weighted by Crippen LogP contribution is -2.04. The highest BCUT2D eigenvalue weighted by Crippen LogP contribution is 2.42. The van der Waals surface area contributed by atoms with Gasteiger partial charge >= 0.3 is 5.97 Å². The van der Waals surface area contributed by atoms with E-state index in [2.05, 4.69) is 5.32 Å². The van der Waals surface area contributed by atoms with Gasteiger partial charge in [-0.3, -0.25) is 0 Å². The highest BCUT2D eigenvalue weighted by atomic mass is 19.1. The van der Waals surface area contributed by atoms with E-state index in [9.17, 15) is 14.3 Å². The Morgan fingerprint density at radius 3 is 2.68 bits per heavy atom. The van der Waals surface area contributed by atoms with Crippen molar-refractivity contribution >= 4 is 11.7 Å². The Balaban J connectivity index is 1.79. The molecular formula is C17H16FNO3. The molecule has 0 heterocycles. The van der Waals surface area contributed by atoms with E-state index in [1.54, 1.807) is 12.1 Å². The van der Waals surface area contributed by atoms with E-state index in [4.69, 9.17) is 5.11 Å². The number of hydrogen-bond donors (Lipinski definition) is 3. The van der Waals surface area contributed by atoms with Crippen molar-refractivity contribution < 1.29 is 19.4 Å². The number of hydrogen-bond acceptors (Lipinski definition) is 3. The van der Waals surface area contributed by atoms with E-state index < -0.39 is 5.97 Å². The fourth-order valence-electron chi connectivity index (χ4n) is 2.54. The molecule has 1 aliphatic rings. The van der Waals surface area contributed by atoms with Crippen molar-refractivity contribution in [3.05, 3.63) is 58.9 Å². The molecule has 0 aliphatic heterocycles. The van der Waals surface area contributed by atoms with Crippen LogP contribution in [0.2, 0.25) is 0 Å². The molecule has 0 bridgehead atoms. The van der Waals surface area contributed by atoms with Crippen molar-refractivity contribution in [2.24, 2.45) is 0 Å². The number of rotatable bonds is 5. The van der Waals surface area contributed by atoms with Gasteiger partial charge in [-0.25, -0.2) is 9.18 Å². The predicted molar refractivity (Wildman–Crippen MR) is 80.8 cm³/mol. The Morgan fingerprint density at radius 2 is 2.00 bits per heavy atom. The van der Waals surface area contributed by atoms with E-state index in [1.807, 2.05) is 0 Å². The first-order valence-electron chi connectivity index (χ1n) is 7.12. The Morgan fingerprint density at radius 1 is 1.23 bits per heavy atom. The van der Waals surface area contributed by atoms with Crippen LogP contribution in [0.3, 0.4) is 0 Å². The molecule has 0 spiro atoms. The molecule has 0 atom stereocenters. The Labute approximate surface area is 127 Å². The van der Waals surface area contributed by atoms with E-state index in [0.717, 1.165) is 24.0 Å². The minimum Gasteiger partial charge on any atom is -0.508 e. The number of anilines is 1. The summed E-state index contributed by atoms with van der Waals surface area (Å²) in [7, 11) is 0. The first-order chi connectivity index (χ1) is 10.5. The minimum atomic E-state index is -1.10. The van der Waals surface area contributed by atoms with Crippen LogP contribution in [0, 0.1) is 5.82 Å². The summed E-state index contributed by atoms with van der Waals surface area (Å²) in [4.78, 5) is 11.0. The fraction of sp³-hybridized carbons (Fsp3) is 0.235. The normalized spacial score (nSPS) is 13.9. The number of halogens is 1. The van der Waals surface area contributed by atoms with Gasteiger partial charge in [0.1, 0.15) is 11.6 Å². The highest BCUT2D eigenvalue weighted by Gasteiger charge is 2.26. The lowest BCUT2D eigenvalue weighted by molar-refractivity contribution is 0.0696. The van der Waals surface area contributed by atoms with Gasteiger partial charge in [-0.05, 0) is 54.2 Å². The number of phenols is 1. The second-order valence-electron chi connectivity index (χ2n) is 5.54. The van der Waals surface area contributed by atoms with Crippen molar-refractivity contribution in [1.29, 1.82) is 0 Å².